The molecule has 1 aliphatic carbocycles. The van der Waals surface area contributed by atoms with Crippen molar-refractivity contribution in [3.8, 4) is 22.5 Å². The van der Waals surface area contributed by atoms with Gasteiger partial charge >= 0.3 is 0 Å². The normalized spacial score (nSPS) is 14.1. The summed E-state index contributed by atoms with van der Waals surface area (Å²) in [4.78, 5) is 16.8. The van der Waals surface area contributed by atoms with Gasteiger partial charge < -0.3 is 5.73 Å². The number of carbonyl (C=O) groups is 1. The summed E-state index contributed by atoms with van der Waals surface area (Å²) in [5, 5.41) is 5.74. The molecular formula is C23H20N4O. The molecule has 2 aromatic heterocycles. The molecule has 2 heterocycles. The van der Waals surface area contributed by atoms with E-state index in [0.717, 1.165) is 40.6 Å². The summed E-state index contributed by atoms with van der Waals surface area (Å²) in [6, 6.07) is 20.5. The van der Waals surface area contributed by atoms with E-state index in [1.54, 1.807) is 6.20 Å². The Labute approximate surface area is 162 Å². The van der Waals surface area contributed by atoms with Crippen LogP contribution in [0.15, 0.2) is 66.9 Å². The Balaban J connectivity index is 1.61. The first-order chi connectivity index (χ1) is 13.7. The number of hydrogen-bond donors (Lipinski definition) is 1. The van der Waals surface area contributed by atoms with E-state index in [1.165, 1.54) is 6.42 Å². The van der Waals surface area contributed by atoms with Gasteiger partial charge in [-0.2, -0.15) is 5.10 Å². The molecule has 0 unspecified atom stereocenters. The maximum atomic E-state index is 12.0. The number of rotatable bonds is 4. The van der Waals surface area contributed by atoms with Crippen LogP contribution in [0.3, 0.4) is 0 Å². The molecule has 5 heteroatoms. The van der Waals surface area contributed by atoms with Gasteiger partial charge in [0.15, 0.2) is 0 Å². The monoisotopic (exact) mass is 368 g/mol. The number of pyridine rings is 1. The van der Waals surface area contributed by atoms with Gasteiger partial charge in [0.1, 0.15) is 5.69 Å². The lowest BCUT2D eigenvalue weighted by molar-refractivity contribution is 0.100. The van der Waals surface area contributed by atoms with Crippen molar-refractivity contribution in [1.82, 2.24) is 14.8 Å². The Morgan fingerprint density at radius 1 is 1.00 bits per heavy atom. The van der Waals surface area contributed by atoms with Crippen molar-refractivity contribution < 1.29 is 4.79 Å². The zero-order valence-electron chi connectivity index (χ0n) is 15.4. The van der Waals surface area contributed by atoms with E-state index in [-0.39, 0.29) is 0 Å². The molecule has 0 spiro atoms. The summed E-state index contributed by atoms with van der Waals surface area (Å²) in [5.74, 6) is -0.452. The summed E-state index contributed by atoms with van der Waals surface area (Å²) in [6.45, 7) is 0. The fourth-order valence-corrected chi connectivity index (χ4v) is 3.66. The third-order valence-corrected chi connectivity index (χ3v) is 5.48. The summed E-state index contributed by atoms with van der Waals surface area (Å²) in [5.41, 5.74) is 10.4. The van der Waals surface area contributed by atoms with Crippen molar-refractivity contribution >= 4 is 16.8 Å². The summed E-state index contributed by atoms with van der Waals surface area (Å²) in [7, 11) is 0. The third-order valence-electron chi connectivity index (χ3n) is 5.48. The van der Waals surface area contributed by atoms with E-state index in [4.69, 9.17) is 15.8 Å². The molecule has 0 saturated heterocycles. The molecule has 5 rings (SSSR count). The molecule has 2 N–H and O–H groups in total. The Kier molecular flexibility index (Phi) is 3.93. The molecule has 28 heavy (non-hydrogen) atoms. The van der Waals surface area contributed by atoms with Gasteiger partial charge in [-0.25, -0.2) is 4.98 Å². The van der Waals surface area contributed by atoms with Crippen LogP contribution in [-0.4, -0.2) is 20.7 Å². The van der Waals surface area contributed by atoms with Crippen molar-refractivity contribution in [3.05, 3.63) is 72.4 Å². The predicted octanol–water partition coefficient (Wildman–Crippen LogP) is 4.59. The largest absolute Gasteiger partial charge is 0.365 e. The quantitative estimate of drug-likeness (QED) is 0.572. The molecule has 2 aromatic carbocycles. The first kappa shape index (κ1) is 16.7. The van der Waals surface area contributed by atoms with Crippen molar-refractivity contribution in [2.75, 3.05) is 0 Å². The number of fused-ring (bicyclic) bond motifs is 1. The van der Waals surface area contributed by atoms with Crippen LogP contribution in [0.2, 0.25) is 0 Å². The van der Waals surface area contributed by atoms with Gasteiger partial charge in [-0.1, -0.05) is 48.5 Å². The number of nitrogens with two attached hydrogens (primary N) is 1. The molecule has 5 nitrogen and oxygen atoms in total. The zero-order chi connectivity index (χ0) is 19.1. The minimum atomic E-state index is -0.452. The first-order valence-corrected chi connectivity index (χ1v) is 9.54. The van der Waals surface area contributed by atoms with Gasteiger partial charge in [-0.3, -0.25) is 9.48 Å². The van der Waals surface area contributed by atoms with Crippen LogP contribution >= 0.6 is 0 Å². The highest BCUT2D eigenvalue weighted by atomic mass is 16.1. The van der Waals surface area contributed by atoms with Gasteiger partial charge in [0.05, 0.1) is 22.8 Å². The fraction of sp³-hybridized carbons (Fsp3) is 0.174. The number of aromatic nitrogens is 3. The highest BCUT2D eigenvalue weighted by molar-refractivity contribution is 5.99. The average Bonchev–Trinajstić information content (AvgIpc) is 3.11. The molecule has 0 atom stereocenters. The number of nitrogens with zero attached hydrogens (tertiary/aromatic N) is 3. The maximum Gasteiger partial charge on any atom is 0.252 e. The molecule has 1 aliphatic rings. The number of carbonyl (C=O) groups excluding carboxylic acids is 1. The van der Waals surface area contributed by atoms with Crippen molar-refractivity contribution in [3.63, 3.8) is 0 Å². The van der Waals surface area contributed by atoms with Gasteiger partial charge in [0, 0.05) is 22.7 Å². The number of amides is 1. The number of primary amides is 1. The Hall–Kier alpha value is -3.47. The topological polar surface area (TPSA) is 73.8 Å². The van der Waals surface area contributed by atoms with Crippen LogP contribution in [0, 0.1) is 0 Å². The smallest absolute Gasteiger partial charge is 0.252 e. The second-order valence-corrected chi connectivity index (χ2v) is 7.29. The lowest BCUT2D eigenvalue weighted by Crippen LogP contribution is -2.17. The van der Waals surface area contributed by atoms with E-state index in [9.17, 15) is 4.79 Å². The van der Waals surface area contributed by atoms with E-state index in [1.807, 2.05) is 59.3 Å². The van der Waals surface area contributed by atoms with Crippen molar-refractivity contribution in [1.29, 1.82) is 0 Å². The van der Waals surface area contributed by atoms with E-state index in [2.05, 4.69) is 6.07 Å². The Morgan fingerprint density at radius 2 is 1.79 bits per heavy atom. The number of hydrogen-bond acceptors (Lipinski definition) is 3. The predicted molar refractivity (Wildman–Crippen MR) is 110 cm³/mol. The molecule has 1 amide bonds. The minimum absolute atomic E-state index is 0.370. The van der Waals surface area contributed by atoms with Crippen LogP contribution < -0.4 is 5.73 Å². The molecule has 0 radical (unpaired) electrons. The Morgan fingerprint density at radius 3 is 2.50 bits per heavy atom. The van der Waals surface area contributed by atoms with Crippen molar-refractivity contribution in [2.24, 2.45) is 5.73 Å². The fourth-order valence-electron chi connectivity index (χ4n) is 3.66. The lowest BCUT2D eigenvalue weighted by atomic mass is 9.93. The Bertz CT molecular complexity index is 1180. The van der Waals surface area contributed by atoms with Gasteiger partial charge in [0.2, 0.25) is 0 Å². The highest BCUT2D eigenvalue weighted by Gasteiger charge is 2.24. The summed E-state index contributed by atoms with van der Waals surface area (Å²) >= 11 is 0. The van der Waals surface area contributed by atoms with Gasteiger partial charge in [-0.15, -0.1) is 0 Å². The summed E-state index contributed by atoms with van der Waals surface area (Å²) in [6.07, 6.45) is 5.19. The third kappa shape index (κ3) is 2.85. The van der Waals surface area contributed by atoms with Gasteiger partial charge in [-0.05, 0) is 31.4 Å². The second-order valence-electron chi connectivity index (χ2n) is 7.29. The molecule has 1 saturated carbocycles. The molecule has 1 fully saturated rings. The van der Waals surface area contributed by atoms with E-state index in [0.29, 0.717) is 17.3 Å². The van der Waals surface area contributed by atoms with Crippen molar-refractivity contribution in [2.45, 2.75) is 25.3 Å². The lowest BCUT2D eigenvalue weighted by Gasteiger charge is -2.25. The number of benzene rings is 2. The second kappa shape index (κ2) is 6.60. The molecule has 0 bridgehead atoms. The van der Waals surface area contributed by atoms with Crippen LogP contribution in [0.1, 0.15) is 35.7 Å². The van der Waals surface area contributed by atoms with Crippen LogP contribution in [0.5, 0.6) is 0 Å². The molecule has 0 aliphatic heterocycles. The minimum Gasteiger partial charge on any atom is -0.365 e. The molecule has 4 aromatic rings. The molecular weight excluding hydrogens is 348 g/mol. The van der Waals surface area contributed by atoms with Crippen LogP contribution in [-0.2, 0) is 0 Å². The first-order valence-electron chi connectivity index (χ1n) is 9.54. The van der Waals surface area contributed by atoms with Crippen LogP contribution in [0.25, 0.3) is 33.4 Å². The molecule has 138 valence electrons. The zero-order valence-corrected chi connectivity index (χ0v) is 15.4. The summed E-state index contributed by atoms with van der Waals surface area (Å²) < 4.78 is 1.90. The standard InChI is InChI=1S/C23H20N4O/c24-23(28)19-14-27(18-7-4-8-18)26-22(19)17-10-9-16-11-12-20(25-21(16)13-17)15-5-2-1-3-6-15/h1-3,5-6,9-14,18H,4,7-8H2,(H2,24,28). The highest BCUT2D eigenvalue weighted by Crippen LogP contribution is 2.34. The average molecular weight is 368 g/mol. The van der Waals surface area contributed by atoms with Crippen LogP contribution in [0.4, 0.5) is 0 Å². The van der Waals surface area contributed by atoms with Gasteiger partial charge in [0.25, 0.3) is 5.91 Å². The SMILES string of the molecule is NC(=O)c1cn(C2CCC2)nc1-c1ccc2ccc(-c3ccccc3)nc2c1. The van der Waals surface area contributed by atoms with E-state index < -0.39 is 5.91 Å². The maximum absolute atomic E-state index is 12.0. The van der Waals surface area contributed by atoms with E-state index >= 15 is 0 Å².